The van der Waals surface area contributed by atoms with E-state index in [1.54, 1.807) is 24.3 Å². The summed E-state index contributed by atoms with van der Waals surface area (Å²) in [6.07, 6.45) is 0. The van der Waals surface area contributed by atoms with Crippen LogP contribution < -0.4 is 10.0 Å². The number of carbonyl (C=O) groups excluding carboxylic acids is 1. The first-order chi connectivity index (χ1) is 10.5. The van der Waals surface area contributed by atoms with E-state index < -0.39 is 0 Å². The molecule has 0 aliphatic rings. The number of carbonyl (C=O) groups is 1. The summed E-state index contributed by atoms with van der Waals surface area (Å²) < 4.78 is 2.68. The summed E-state index contributed by atoms with van der Waals surface area (Å²) >= 11 is 19.2. The Morgan fingerprint density at radius 1 is 1.14 bits per heavy atom. The summed E-state index contributed by atoms with van der Waals surface area (Å²) in [6.45, 7) is 2.21. The van der Waals surface area contributed by atoms with Crippen molar-refractivity contribution in [2.75, 3.05) is 0 Å². The van der Waals surface area contributed by atoms with E-state index in [1.807, 2.05) is 19.1 Å². The van der Waals surface area contributed by atoms with Crippen LogP contribution in [0.15, 0.2) is 41.3 Å². The summed E-state index contributed by atoms with van der Waals surface area (Å²) in [7, 11) is 0. The molecule has 2 amide bonds. The number of amides is 2. The predicted octanol–water partition coefficient (Wildman–Crippen LogP) is 5.46. The molecule has 3 nitrogen and oxygen atoms in total. The van der Waals surface area contributed by atoms with Crippen LogP contribution in [0.1, 0.15) is 11.1 Å². The van der Waals surface area contributed by atoms with Crippen molar-refractivity contribution in [3.05, 3.63) is 62.6 Å². The molecule has 2 rings (SSSR count). The average Bonchev–Trinajstić information content (AvgIpc) is 2.50. The predicted molar refractivity (Wildman–Crippen MR) is 93.9 cm³/mol. The van der Waals surface area contributed by atoms with Crippen molar-refractivity contribution in [2.45, 2.75) is 18.4 Å². The molecule has 0 unspecified atom stereocenters. The first-order valence-electron chi connectivity index (χ1n) is 6.37. The third kappa shape index (κ3) is 4.71. The highest BCUT2D eigenvalue weighted by molar-refractivity contribution is 7.98. The van der Waals surface area contributed by atoms with Gasteiger partial charge in [-0.25, -0.2) is 4.79 Å². The maximum atomic E-state index is 11.8. The molecule has 0 saturated carbocycles. The molecule has 0 aromatic heterocycles. The molecule has 0 bridgehead atoms. The highest BCUT2D eigenvalue weighted by atomic mass is 35.5. The minimum Gasteiger partial charge on any atom is -0.333 e. The topological polar surface area (TPSA) is 41.1 Å². The van der Waals surface area contributed by atoms with Gasteiger partial charge in [-0.2, -0.15) is 0 Å². The van der Waals surface area contributed by atoms with Crippen molar-refractivity contribution in [3.63, 3.8) is 0 Å². The number of benzene rings is 2. The molecule has 0 fully saturated rings. The Bertz CT molecular complexity index is 694. The maximum absolute atomic E-state index is 11.8. The van der Waals surface area contributed by atoms with Crippen molar-refractivity contribution in [2.24, 2.45) is 0 Å². The second-order valence-corrected chi connectivity index (χ2v) is 6.58. The molecule has 7 heteroatoms. The normalized spacial score (nSPS) is 10.4. The van der Waals surface area contributed by atoms with E-state index in [9.17, 15) is 4.79 Å². The lowest BCUT2D eigenvalue weighted by molar-refractivity contribution is 0.246. The molecular weight excluding hydrogens is 363 g/mol. The summed E-state index contributed by atoms with van der Waals surface area (Å²) in [5.41, 5.74) is 1.75. The SMILES string of the molecule is Cc1ccc(SNC(=O)NCc2cccc(Cl)c2Cl)cc1Cl. The third-order valence-corrected chi connectivity index (χ3v) is 4.92. The Kier molecular flexibility index (Phi) is 6.26. The van der Waals surface area contributed by atoms with Crippen LogP contribution in [0.3, 0.4) is 0 Å². The van der Waals surface area contributed by atoms with Crippen molar-refractivity contribution in [1.82, 2.24) is 10.0 Å². The van der Waals surface area contributed by atoms with Crippen LogP contribution in [0, 0.1) is 6.92 Å². The van der Waals surface area contributed by atoms with Gasteiger partial charge in [0.25, 0.3) is 0 Å². The largest absolute Gasteiger partial charge is 0.333 e. The number of urea groups is 1. The standard InChI is InChI=1S/C15H13Cl3N2OS/c1-9-5-6-11(7-13(9)17)22-20-15(21)19-8-10-3-2-4-12(16)14(10)18/h2-7H,8H2,1H3,(H2,19,20,21). The van der Waals surface area contributed by atoms with Gasteiger partial charge in [-0.05, 0) is 48.2 Å². The van der Waals surface area contributed by atoms with Crippen LogP contribution in [-0.4, -0.2) is 6.03 Å². The zero-order valence-electron chi connectivity index (χ0n) is 11.6. The van der Waals surface area contributed by atoms with E-state index in [4.69, 9.17) is 34.8 Å². The zero-order valence-corrected chi connectivity index (χ0v) is 14.7. The van der Waals surface area contributed by atoms with Gasteiger partial charge in [0.1, 0.15) is 0 Å². The van der Waals surface area contributed by atoms with Gasteiger partial charge in [0.15, 0.2) is 0 Å². The number of rotatable bonds is 4. The first kappa shape index (κ1) is 17.3. The maximum Gasteiger partial charge on any atom is 0.325 e. The van der Waals surface area contributed by atoms with E-state index in [1.165, 1.54) is 11.9 Å². The summed E-state index contributed by atoms with van der Waals surface area (Å²) in [4.78, 5) is 12.6. The Morgan fingerprint density at radius 2 is 1.91 bits per heavy atom. The number of halogens is 3. The van der Waals surface area contributed by atoms with Gasteiger partial charge in [0, 0.05) is 16.5 Å². The molecule has 0 radical (unpaired) electrons. The Morgan fingerprint density at radius 3 is 2.64 bits per heavy atom. The van der Waals surface area contributed by atoms with E-state index >= 15 is 0 Å². The molecule has 0 aliphatic carbocycles. The van der Waals surface area contributed by atoms with Gasteiger partial charge in [0.2, 0.25) is 0 Å². The molecule has 0 heterocycles. The minimum absolute atomic E-state index is 0.292. The second-order valence-electron chi connectivity index (χ2n) is 4.51. The van der Waals surface area contributed by atoms with Gasteiger partial charge in [-0.15, -0.1) is 0 Å². The van der Waals surface area contributed by atoms with Gasteiger partial charge in [0.05, 0.1) is 10.0 Å². The second kappa shape index (κ2) is 7.97. The monoisotopic (exact) mass is 374 g/mol. The molecule has 0 spiro atoms. The smallest absolute Gasteiger partial charge is 0.325 e. The fraction of sp³-hybridized carbons (Fsp3) is 0.133. The minimum atomic E-state index is -0.322. The number of hydrogen-bond donors (Lipinski definition) is 2. The van der Waals surface area contributed by atoms with Crippen LogP contribution in [0.5, 0.6) is 0 Å². The van der Waals surface area contributed by atoms with Crippen molar-refractivity contribution < 1.29 is 4.79 Å². The highest BCUT2D eigenvalue weighted by Gasteiger charge is 2.07. The lowest BCUT2D eigenvalue weighted by atomic mass is 10.2. The first-order valence-corrected chi connectivity index (χ1v) is 8.32. The molecule has 0 aliphatic heterocycles. The lowest BCUT2D eigenvalue weighted by Gasteiger charge is -2.09. The number of aryl methyl sites for hydroxylation is 1. The van der Waals surface area contributed by atoms with E-state index in [0.717, 1.165) is 16.0 Å². The lowest BCUT2D eigenvalue weighted by Crippen LogP contribution is -2.30. The number of hydrogen-bond acceptors (Lipinski definition) is 2. The fourth-order valence-electron chi connectivity index (χ4n) is 1.64. The Labute approximate surface area is 148 Å². The van der Waals surface area contributed by atoms with Crippen LogP contribution in [-0.2, 0) is 6.54 Å². The van der Waals surface area contributed by atoms with Crippen LogP contribution in [0.4, 0.5) is 4.79 Å². The number of nitrogens with one attached hydrogen (secondary N) is 2. The summed E-state index contributed by atoms with van der Waals surface area (Å²) in [5.74, 6) is 0. The fourth-order valence-corrected chi connectivity index (χ4v) is 2.87. The highest BCUT2D eigenvalue weighted by Crippen LogP contribution is 2.25. The van der Waals surface area contributed by atoms with Gasteiger partial charge < -0.3 is 5.32 Å². The summed E-state index contributed by atoms with van der Waals surface area (Å²) in [6, 6.07) is 10.6. The Balaban J connectivity index is 1.85. The molecule has 0 saturated heterocycles. The molecule has 2 aromatic carbocycles. The quantitative estimate of drug-likeness (QED) is 0.696. The molecule has 2 N–H and O–H groups in total. The van der Waals surface area contributed by atoms with Gasteiger partial charge in [-0.3, -0.25) is 4.72 Å². The van der Waals surface area contributed by atoms with Gasteiger partial charge >= 0.3 is 6.03 Å². The molecular formula is C15H13Cl3N2OS. The molecule has 22 heavy (non-hydrogen) atoms. The van der Waals surface area contributed by atoms with Gasteiger partial charge in [-0.1, -0.05) is 53.0 Å². The van der Waals surface area contributed by atoms with Crippen LogP contribution >= 0.6 is 46.8 Å². The van der Waals surface area contributed by atoms with E-state index in [2.05, 4.69) is 10.0 Å². The van der Waals surface area contributed by atoms with Crippen molar-refractivity contribution >= 4 is 52.8 Å². The zero-order chi connectivity index (χ0) is 16.1. The average molecular weight is 376 g/mol. The van der Waals surface area contributed by atoms with Crippen LogP contribution in [0.25, 0.3) is 0 Å². The Hall–Kier alpha value is -1.07. The van der Waals surface area contributed by atoms with E-state index in [-0.39, 0.29) is 6.03 Å². The molecule has 2 aromatic rings. The molecule has 0 atom stereocenters. The van der Waals surface area contributed by atoms with E-state index in [0.29, 0.717) is 21.6 Å². The summed E-state index contributed by atoms with van der Waals surface area (Å²) in [5, 5.41) is 4.29. The van der Waals surface area contributed by atoms with Crippen molar-refractivity contribution in [3.8, 4) is 0 Å². The van der Waals surface area contributed by atoms with Crippen molar-refractivity contribution in [1.29, 1.82) is 0 Å². The molecule has 116 valence electrons. The van der Waals surface area contributed by atoms with Crippen LogP contribution in [0.2, 0.25) is 15.1 Å². The third-order valence-electron chi connectivity index (χ3n) is 2.88.